The number of benzene rings is 2. The van der Waals surface area contributed by atoms with Gasteiger partial charge in [-0.25, -0.2) is 9.97 Å². The predicted molar refractivity (Wildman–Crippen MR) is 120 cm³/mol. The van der Waals surface area contributed by atoms with Crippen LogP contribution in [0.4, 0.5) is 17.3 Å². The molecule has 0 unspecified atom stereocenters. The lowest BCUT2D eigenvalue weighted by molar-refractivity contribution is -0.384. The second-order valence-electron chi connectivity index (χ2n) is 7.49. The Morgan fingerprint density at radius 3 is 2.34 bits per heavy atom. The lowest BCUT2D eigenvalue weighted by atomic mass is 10.2. The van der Waals surface area contributed by atoms with E-state index in [1.807, 2.05) is 36.2 Å². The third kappa shape index (κ3) is 4.34. The predicted octanol–water partition coefficient (Wildman–Crippen LogP) is 2.53. The summed E-state index contributed by atoms with van der Waals surface area (Å²) in [6.45, 7) is 1.40. The van der Waals surface area contributed by atoms with Crippen LogP contribution in [0.15, 0.2) is 48.5 Å². The first-order valence-corrected chi connectivity index (χ1v) is 10.2. The van der Waals surface area contributed by atoms with Crippen LogP contribution in [0.2, 0.25) is 0 Å². The van der Waals surface area contributed by atoms with Gasteiger partial charge < -0.3 is 10.2 Å². The van der Waals surface area contributed by atoms with Crippen molar-refractivity contribution >= 4 is 40.2 Å². The van der Waals surface area contributed by atoms with E-state index >= 15 is 0 Å². The van der Waals surface area contributed by atoms with Crippen LogP contribution < -0.4 is 15.1 Å². The lowest BCUT2D eigenvalue weighted by Gasteiger charge is -2.23. The first-order valence-electron chi connectivity index (χ1n) is 10.2. The summed E-state index contributed by atoms with van der Waals surface area (Å²) in [4.78, 5) is 48.6. The second kappa shape index (κ2) is 8.96. The van der Waals surface area contributed by atoms with E-state index in [1.54, 1.807) is 4.90 Å². The number of carbonyl (C=O) groups excluding carboxylic acids is 2. The highest BCUT2D eigenvalue weighted by Crippen LogP contribution is 2.30. The summed E-state index contributed by atoms with van der Waals surface area (Å²) in [5.41, 5.74) is 1.69. The summed E-state index contributed by atoms with van der Waals surface area (Å²) < 4.78 is 0. The van der Waals surface area contributed by atoms with Crippen molar-refractivity contribution in [3.63, 3.8) is 0 Å². The van der Waals surface area contributed by atoms with E-state index in [1.165, 1.54) is 24.3 Å². The van der Waals surface area contributed by atoms with Crippen molar-refractivity contribution in [1.29, 1.82) is 0 Å². The summed E-state index contributed by atoms with van der Waals surface area (Å²) in [6, 6.07) is 12.8. The standard InChI is InChI=1S/C22H22N6O4/c1-26-13-4-14-27(21-20(26)24-17-5-2-3-6-18(17)25-21)19(29)11-12-23-22(30)15-7-9-16(10-8-15)28(31)32/h2-3,5-10H,4,11-14H2,1H3,(H,23,30). The molecular weight excluding hydrogens is 412 g/mol. The highest BCUT2D eigenvalue weighted by Gasteiger charge is 2.26. The Balaban J connectivity index is 1.45. The number of fused-ring (bicyclic) bond motifs is 2. The zero-order valence-corrected chi connectivity index (χ0v) is 17.5. The molecule has 1 aliphatic heterocycles. The molecule has 4 rings (SSSR count). The fourth-order valence-corrected chi connectivity index (χ4v) is 3.59. The van der Waals surface area contributed by atoms with Crippen molar-refractivity contribution in [2.75, 3.05) is 36.5 Å². The Morgan fingerprint density at radius 2 is 1.69 bits per heavy atom. The topological polar surface area (TPSA) is 122 Å². The molecule has 2 heterocycles. The molecule has 0 saturated heterocycles. The first kappa shape index (κ1) is 21.2. The minimum atomic E-state index is -0.525. The molecular formula is C22H22N6O4. The molecule has 2 amide bonds. The zero-order chi connectivity index (χ0) is 22.7. The van der Waals surface area contributed by atoms with E-state index in [-0.39, 0.29) is 24.6 Å². The molecule has 0 aliphatic carbocycles. The molecule has 2 aromatic carbocycles. The van der Waals surface area contributed by atoms with Crippen LogP contribution in [0.5, 0.6) is 0 Å². The van der Waals surface area contributed by atoms with Crippen LogP contribution >= 0.6 is 0 Å². The summed E-state index contributed by atoms with van der Waals surface area (Å²) in [5, 5.41) is 13.4. The molecule has 10 nitrogen and oxygen atoms in total. The van der Waals surface area contributed by atoms with E-state index < -0.39 is 10.8 Å². The average Bonchev–Trinajstić information content (AvgIpc) is 2.96. The van der Waals surface area contributed by atoms with Gasteiger partial charge >= 0.3 is 0 Å². The van der Waals surface area contributed by atoms with E-state index in [0.717, 1.165) is 18.5 Å². The fraction of sp³-hybridized carbons (Fsp3) is 0.273. The van der Waals surface area contributed by atoms with Gasteiger partial charge in [-0.1, -0.05) is 12.1 Å². The summed E-state index contributed by atoms with van der Waals surface area (Å²) >= 11 is 0. The van der Waals surface area contributed by atoms with Gasteiger partial charge in [0.05, 0.1) is 16.0 Å². The van der Waals surface area contributed by atoms with Crippen LogP contribution in [-0.2, 0) is 4.79 Å². The molecule has 3 aromatic rings. The molecule has 0 atom stereocenters. The van der Waals surface area contributed by atoms with Crippen LogP contribution in [0.25, 0.3) is 11.0 Å². The normalized spacial score (nSPS) is 13.4. The number of hydrogen-bond donors (Lipinski definition) is 1. The molecule has 32 heavy (non-hydrogen) atoms. The summed E-state index contributed by atoms with van der Waals surface area (Å²) in [7, 11) is 1.93. The van der Waals surface area contributed by atoms with Crippen LogP contribution in [-0.4, -0.2) is 53.4 Å². The van der Waals surface area contributed by atoms with Gasteiger partial charge in [0.15, 0.2) is 11.6 Å². The van der Waals surface area contributed by atoms with Crippen molar-refractivity contribution in [3.05, 3.63) is 64.2 Å². The van der Waals surface area contributed by atoms with Gasteiger partial charge in [-0.05, 0) is 30.7 Å². The number of hydrogen-bond acceptors (Lipinski definition) is 7. The Kier molecular flexibility index (Phi) is 5.93. The Bertz CT molecular complexity index is 1180. The van der Waals surface area contributed by atoms with Gasteiger partial charge in [0.2, 0.25) is 5.91 Å². The van der Waals surface area contributed by atoms with Crippen molar-refractivity contribution in [1.82, 2.24) is 15.3 Å². The van der Waals surface area contributed by atoms with Crippen LogP contribution in [0.3, 0.4) is 0 Å². The van der Waals surface area contributed by atoms with Crippen molar-refractivity contribution in [2.45, 2.75) is 12.8 Å². The van der Waals surface area contributed by atoms with E-state index in [9.17, 15) is 19.7 Å². The number of nitro groups is 1. The number of non-ortho nitro benzene ring substituents is 1. The van der Waals surface area contributed by atoms with Gasteiger partial charge in [-0.2, -0.15) is 0 Å². The average molecular weight is 434 g/mol. The maximum Gasteiger partial charge on any atom is 0.269 e. The number of anilines is 2. The highest BCUT2D eigenvalue weighted by atomic mass is 16.6. The second-order valence-corrected chi connectivity index (χ2v) is 7.49. The van der Waals surface area contributed by atoms with Gasteiger partial charge in [-0.15, -0.1) is 0 Å². The molecule has 0 fully saturated rings. The van der Waals surface area contributed by atoms with Gasteiger partial charge in [0.1, 0.15) is 0 Å². The molecule has 0 radical (unpaired) electrons. The van der Waals surface area contributed by atoms with Gasteiger partial charge in [-0.3, -0.25) is 24.6 Å². The number of nitrogens with zero attached hydrogens (tertiary/aromatic N) is 5. The SMILES string of the molecule is CN1CCCN(C(=O)CCNC(=O)c2ccc([N+](=O)[O-])cc2)c2nc3ccccc3nc21. The monoisotopic (exact) mass is 434 g/mol. The minimum absolute atomic E-state index is 0.0878. The molecule has 164 valence electrons. The lowest BCUT2D eigenvalue weighted by Crippen LogP contribution is -2.35. The maximum atomic E-state index is 13.0. The van der Waals surface area contributed by atoms with Crippen LogP contribution in [0.1, 0.15) is 23.2 Å². The quantitative estimate of drug-likeness (QED) is 0.484. The molecule has 0 bridgehead atoms. The summed E-state index contributed by atoms with van der Waals surface area (Å²) in [5.74, 6) is 0.629. The number of nitrogens with one attached hydrogen (secondary N) is 1. The molecule has 10 heteroatoms. The fourth-order valence-electron chi connectivity index (χ4n) is 3.59. The van der Waals surface area contributed by atoms with E-state index in [0.29, 0.717) is 29.3 Å². The Hall–Kier alpha value is -4.08. The van der Waals surface area contributed by atoms with E-state index in [4.69, 9.17) is 9.97 Å². The number of amides is 2. The maximum absolute atomic E-state index is 13.0. The number of para-hydroxylation sites is 2. The van der Waals surface area contributed by atoms with E-state index in [2.05, 4.69) is 5.32 Å². The molecule has 0 saturated carbocycles. The zero-order valence-electron chi connectivity index (χ0n) is 17.5. The number of rotatable bonds is 5. The Morgan fingerprint density at radius 1 is 1.03 bits per heavy atom. The third-order valence-corrected chi connectivity index (χ3v) is 5.29. The minimum Gasteiger partial charge on any atom is -0.357 e. The third-order valence-electron chi connectivity index (χ3n) is 5.29. The molecule has 1 aliphatic rings. The number of carbonyl (C=O) groups is 2. The number of aromatic nitrogens is 2. The van der Waals surface area contributed by atoms with Crippen molar-refractivity contribution < 1.29 is 14.5 Å². The number of nitro benzene ring substituents is 1. The molecule has 1 N–H and O–H groups in total. The van der Waals surface area contributed by atoms with Crippen molar-refractivity contribution in [2.24, 2.45) is 0 Å². The summed E-state index contributed by atoms with van der Waals surface area (Å²) in [6.07, 6.45) is 0.863. The van der Waals surface area contributed by atoms with Gasteiger partial charge in [0, 0.05) is 50.8 Å². The van der Waals surface area contributed by atoms with Crippen molar-refractivity contribution in [3.8, 4) is 0 Å². The largest absolute Gasteiger partial charge is 0.357 e. The Labute approximate surface area is 184 Å². The highest BCUT2D eigenvalue weighted by molar-refractivity contribution is 5.98. The first-order chi connectivity index (χ1) is 15.4. The molecule has 1 aromatic heterocycles. The van der Waals surface area contributed by atoms with Crippen LogP contribution in [0, 0.1) is 10.1 Å². The molecule has 0 spiro atoms. The van der Waals surface area contributed by atoms with Gasteiger partial charge in [0.25, 0.3) is 11.6 Å². The smallest absolute Gasteiger partial charge is 0.269 e.